The lowest BCUT2D eigenvalue weighted by molar-refractivity contribution is 0.227. The Morgan fingerprint density at radius 3 is 2.70 bits per heavy atom. The van der Waals surface area contributed by atoms with E-state index in [1.54, 1.807) is 0 Å². The maximum atomic E-state index is 4.42. The SMILES string of the molecule is c1ccc(-c2ccc(N3CC4CCNCC43)nn2)cc1. The molecular weight excluding hydrogens is 248 g/mol. The molecule has 1 aromatic heterocycles. The molecule has 0 spiro atoms. The van der Waals surface area contributed by atoms with Gasteiger partial charge in [0, 0.05) is 24.7 Å². The Hall–Kier alpha value is -1.94. The van der Waals surface area contributed by atoms with Gasteiger partial charge in [0.05, 0.1) is 5.69 Å². The van der Waals surface area contributed by atoms with Gasteiger partial charge in [0.2, 0.25) is 0 Å². The maximum absolute atomic E-state index is 4.42. The van der Waals surface area contributed by atoms with Crippen LogP contribution in [0.4, 0.5) is 5.82 Å². The number of fused-ring (bicyclic) bond motifs is 1. The predicted octanol–water partition coefficient (Wildman–Crippen LogP) is 1.94. The van der Waals surface area contributed by atoms with Crippen LogP contribution in [0.2, 0.25) is 0 Å². The number of hydrogen-bond donors (Lipinski definition) is 1. The van der Waals surface area contributed by atoms with Crippen molar-refractivity contribution >= 4 is 5.82 Å². The molecule has 1 aromatic carbocycles. The number of piperidine rings is 1. The average Bonchev–Trinajstić information content (AvgIpc) is 2.50. The molecule has 2 aromatic rings. The molecule has 2 saturated heterocycles. The minimum Gasteiger partial charge on any atom is -0.350 e. The van der Waals surface area contributed by atoms with Crippen molar-refractivity contribution < 1.29 is 0 Å². The standard InChI is InChI=1S/C16H18N4/c1-2-4-12(5-3-1)14-6-7-16(19-18-14)20-11-13-8-9-17-10-15(13)20/h1-7,13,15,17H,8-11H2. The number of rotatable bonds is 2. The molecule has 0 saturated carbocycles. The second kappa shape index (κ2) is 4.87. The number of aromatic nitrogens is 2. The highest BCUT2D eigenvalue weighted by atomic mass is 15.3. The van der Waals surface area contributed by atoms with E-state index in [1.807, 2.05) is 18.2 Å². The number of hydrogen-bond acceptors (Lipinski definition) is 4. The molecule has 0 radical (unpaired) electrons. The molecule has 2 unspecified atom stereocenters. The molecule has 0 aliphatic carbocycles. The summed E-state index contributed by atoms with van der Waals surface area (Å²) in [5.74, 6) is 1.85. The summed E-state index contributed by atoms with van der Waals surface area (Å²) in [7, 11) is 0. The second-order valence-electron chi connectivity index (χ2n) is 5.62. The molecular formula is C16H18N4. The van der Waals surface area contributed by atoms with E-state index in [-0.39, 0.29) is 0 Å². The molecule has 3 heterocycles. The summed E-state index contributed by atoms with van der Waals surface area (Å²) in [6, 6.07) is 15.0. The van der Waals surface area contributed by atoms with Gasteiger partial charge in [0.15, 0.2) is 5.82 Å². The van der Waals surface area contributed by atoms with Crippen molar-refractivity contribution in [3.63, 3.8) is 0 Å². The lowest BCUT2D eigenvalue weighted by atomic mass is 9.83. The zero-order valence-corrected chi connectivity index (χ0v) is 11.4. The van der Waals surface area contributed by atoms with Crippen LogP contribution < -0.4 is 10.2 Å². The van der Waals surface area contributed by atoms with Crippen LogP contribution in [0.3, 0.4) is 0 Å². The summed E-state index contributed by atoms with van der Waals surface area (Å²) >= 11 is 0. The van der Waals surface area contributed by atoms with Gasteiger partial charge >= 0.3 is 0 Å². The van der Waals surface area contributed by atoms with Crippen LogP contribution in [-0.4, -0.2) is 35.9 Å². The first kappa shape index (κ1) is 11.9. The third-order valence-electron chi connectivity index (χ3n) is 4.44. The Bertz CT molecular complexity index is 581. The van der Waals surface area contributed by atoms with Crippen LogP contribution in [0, 0.1) is 5.92 Å². The molecule has 4 rings (SSSR count). The molecule has 2 fully saturated rings. The largest absolute Gasteiger partial charge is 0.350 e. The Morgan fingerprint density at radius 1 is 1.05 bits per heavy atom. The van der Waals surface area contributed by atoms with Crippen LogP contribution in [0.15, 0.2) is 42.5 Å². The van der Waals surface area contributed by atoms with Crippen molar-refractivity contribution in [1.82, 2.24) is 15.5 Å². The Labute approximate surface area is 118 Å². The van der Waals surface area contributed by atoms with Crippen molar-refractivity contribution in [2.75, 3.05) is 24.5 Å². The highest BCUT2D eigenvalue weighted by molar-refractivity contribution is 5.59. The average molecular weight is 266 g/mol. The molecule has 102 valence electrons. The molecule has 4 heteroatoms. The number of nitrogens with one attached hydrogen (secondary N) is 1. The van der Waals surface area contributed by atoms with Crippen molar-refractivity contribution in [2.24, 2.45) is 5.92 Å². The predicted molar refractivity (Wildman–Crippen MR) is 79.6 cm³/mol. The first-order valence-corrected chi connectivity index (χ1v) is 7.28. The van der Waals surface area contributed by atoms with Crippen LogP contribution in [0.1, 0.15) is 6.42 Å². The van der Waals surface area contributed by atoms with E-state index in [0.717, 1.165) is 42.6 Å². The van der Waals surface area contributed by atoms with E-state index in [2.05, 4.69) is 44.7 Å². The fourth-order valence-electron chi connectivity index (χ4n) is 3.23. The van der Waals surface area contributed by atoms with E-state index >= 15 is 0 Å². The smallest absolute Gasteiger partial charge is 0.151 e. The lowest BCUT2D eigenvalue weighted by Gasteiger charge is -2.51. The minimum atomic E-state index is 0.612. The Morgan fingerprint density at radius 2 is 1.95 bits per heavy atom. The first-order chi connectivity index (χ1) is 9.92. The van der Waals surface area contributed by atoms with Gasteiger partial charge in [-0.05, 0) is 31.0 Å². The topological polar surface area (TPSA) is 41.0 Å². The molecule has 2 aliphatic heterocycles. The van der Waals surface area contributed by atoms with E-state index in [9.17, 15) is 0 Å². The molecule has 0 amide bonds. The van der Waals surface area contributed by atoms with Gasteiger partial charge in [0.1, 0.15) is 0 Å². The van der Waals surface area contributed by atoms with Gasteiger partial charge in [-0.15, -0.1) is 10.2 Å². The minimum absolute atomic E-state index is 0.612. The van der Waals surface area contributed by atoms with Crippen LogP contribution in [0.5, 0.6) is 0 Å². The van der Waals surface area contributed by atoms with Gasteiger partial charge in [-0.2, -0.15) is 0 Å². The highest BCUT2D eigenvalue weighted by Crippen LogP contribution is 2.33. The van der Waals surface area contributed by atoms with E-state index in [0.29, 0.717) is 6.04 Å². The quantitative estimate of drug-likeness (QED) is 0.902. The third kappa shape index (κ3) is 1.96. The van der Waals surface area contributed by atoms with Gasteiger partial charge in [0.25, 0.3) is 0 Å². The summed E-state index contributed by atoms with van der Waals surface area (Å²) in [5, 5.41) is 12.3. The molecule has 1 N–H and O–H groups in total. The van der Waals surface area contributed by atoms with Crippen LogP contribution >= 0.6 is 0 Å². The van der Waals surface area contributed by atoms with Crippen molar-refractivity contribution in [3.05, 3.63) is 42.5 Å². The fourth-order valence-corrected chi connectivity index (χ4v) is 3.23. The zero-order valence-electron chi connectivity index (χ0n) is 11.4. The van der Waals surface area contributed by atoms with E-state index in [1.165, 1.54) is 6.42 Å². The molecule has 0 bridgehead atoms. The van der Waals surface area contributed by atoms with Crippen LogP contribution in [0.25, 0.3) is 11.3 Å². The summed E-state index contributed by atoms with van der Waals surface area (Å²) < 4.78 is 0. The maximum Gasteiger partial charge on any atom is 0.151 e. The normalized spacial score (nSPS) is 24.9. The Kier molecular flexibility index (Phi) is 2.89. The molecule has 2 atom stereocenters. The van der Waals surface area contributed by atoms with Gasteiger partial charge in [-0.3, -0.25) is 0 Å². The van der Waals surface area contributed by atoms with E-state index < -0.39 is 0 Å². The fraction of sp³-hybridized carbons (Fsp3) is 0.375. The van der Waals surface area contributed by atoms with E-state index in [4.69, 9.17) is 0 Å². The zero-order chi connectivity index (χ0) is 13.4. The summed E-state index contributed by atoms with van der Waals surface area (Å²) in [4.78, 5) is 2.37. The summed E-state index contributed by atoms with van der Waals surface area (Å²) in [6.45, 7) is 3.37. The number of anilines is 1. The number of benzene rings is 1. The molecule has 4 nitrogen and oxygen atoms in total. The molecule has 20 heavy (non-hydrogen) atoms. The van der Waals surface area contributed by atoms with Crippen molar-refractivity contribution in [1.29, 1.82) is 0 Å². The Balaban J connectivity index is 1.53. The molecule has 2 aliphatic rings. The summed E-state index contributed by atoms with van der Waals surface area (Å²) in [5.41, 5.74) is 2.06. The monoisotopic (exact) mass is 266 g/mol. The van der Waals surface area contributed by atoms with Gasteiger partial charge < -0.3 is 10.2 Å². The second-order valence-corrected chi connectivity index (χ2v) is 5.62. The van der Waals surface area contributed by atoms with Crippen molar-refractivity contribution in [3.8, 4) is 11.3 Å². The third-order valence-corrected chi connectivity index (χ3v) is 4.44. The van der Waals surface area contributed by atoms with Gasteiger partial charge in [-0.25, -0.2) is 0 Å². The van der Waals surface area contributed by atoms with Crippen LogP contribution in [-0.2, 0) is 0 Å². The lowest BCUT2D eigenvalue weighted by Crippen LogP contribution is -2.64. The number of nitrogens with zero attached hydrogens (tertiary/aromatic N) is 3. The summed E-state index contributed by atoms with van der Waals surface area (Å²) in [6.07, 6.45) is 1.29. The highest BCUT2D eigenvalue weighted by Gasteiger charge is 2.40. The van der Waals surface area contributed by atoms with Gasteiger partial charge in [-0.1, -0.05) is 30.3 Å². The first-order valence-electron chi connectivity index (χ1n) is 7.28. The van der Waals surface area contributed by atoms with Crippen molar-refractivity contribution in [2.45, 2.75) is 12.5 Å².